The van der Waals surface area contributed by atoms with Crippen LogP contribution in [0.4, 0.5) is 0 Å². The van der Waals surface area contributed by atoms with E-state index in [2.05, 4.69) is 29.8 Å². The molecule has 0 spiro atoms. The Morgan fingerprint density at radius 2 is 2.05 bits per heavy atom. The summed E-state index contributed by atoms with van der Waals surface area (Å²) in [5.74, 6) is -0.779. The van der Waals surface area contributed by atoms with Crippen molar-refractivity contribution in [1.82, 2.24) is 9.47 Å². The predicted octanol–water partition coefficient (Wildman–Crippen LogP) is 2.22. The number of aliphatic carboxylic acids is 1. The summed E-state index contributed by atoms with van der Waals surface area (Å²) in [5.41, 5.74) is 2.27. The van der Waals surface area contributed by atoms with Crippen molar-refractivity contribution in [1.29, 1.82) is 0 Å². The first-order chi connectivity index (χ1) is 9.04. The van der Waals surface area contributed by atoms with E-state index in [1.54, 1.807) is 19.0 Å². The van der Waals surface area contributed by atoms with Crippen LogP contribution in [0.5, 0.6) is 0 Å². The van der Waals surface area contributed by atoms with Crippen molar-refractivity contribution in [2.24, 2.45) is 0 Å². The Labute approximate surface area is 113 Å². The molecule has 0 fully saturated rings. The van der Waals surface area contributed by atoms with Gasteiger partial charge in [0.2, 0.25) is 0 Å². The molecule has 4 nitrogen and oxygen atoms in total. The lowest BCUT2D eigenvalue weighted by atomic mass is 10.0. The van der Waals surface area contributed by atoms with E-state index in [4.69, 9.17) is 0 Å². The Hall–Kier alpha value is -1.81. The van der Waals surface area contributed by atoms with Crippen LogP contribution < -0.4 is 0 Å². The first-order valence-corrected chi connectivity index (χ1v) is 6.50. The molecule has 0 saturated heterocycles. The van der Waals surface area contributed by atoms with Crippen molar-refractivity contribution in [3.8, 4) is 0 Å². The van der Waals surface area contributed by atoms with Crippen LogP contribution in [0, 0.1) is 0 Å². The second kappa shape index (κ2) is 5.45. The van der Waals surface area contributed by atoms with Gasteiger partial charge in [-0.25, -0.2) is 0 Å². The van der Waals surface area contributed by atoms with E-state index >= 15 is 0 Å². The number of likely N-dealkylation sites (N-methyl/N-ethyl adjacent to an activating group) is 1. The van der Waals surface area contributed by atoms with E-state index in [1.165, 1.54) is 5.52 Å². The maximum absolute atomic E-state index is 11.3. The molecule has 1 aromatic heterocycles. The van der Waals surface area contributed by atoms with Crippen LogP contribution in [0.25, 0.3) is 10.9 Å². The van der Waals surface area contributed by atoms with Crippen LogP contribution in [0.3, 0.4) is 0 Å². The van der Waals surface area contributed by atoms with Crippen molar-refractivity contribution >= 4 is 16.9 Å². The Kier molecular flexibility index (Phi) is 3.90. The van der Waals surface area contributed by atoms with Gasteiger partial charge in [0.25, 0.3) is 0 Å². The molecule has 0 aliphatic rings. The van der Waals surface area contributed by atoms with Gasteiger partial charge in [-0.2, -0.15) is 0 Å². The van der Waals surface area contributed by atoms with E-state index in [9.17, 15) is 9.90 Å². The lowest BCUT2D eigenvalue weighted by Crippen LogP contribution is -2.37. The molecular weight excluding hydrogens is 240 g/mol. The summed E-state index contributed by atoms with van der Waals surface area (Å²) in [6.45, 7) is 2.98. The molecule has 0 bridgehead atoms. The Balaban J connectivity index is 2.42. The SMILES string of the molecule is CCn1cc(CC(C(=O)O)N(C)C)c2ccccc21. The zero-order valence-corrected chi connectivity index (χ0v) is 11.6. The fraction of sp³-hybridized carbons (Fsp3) is 0.400. The van der Waals surface area contributed by atoms with Gasteiger partial charge in [0, 0.05) is 30.1 Å². The number of rotatable bonds is 5. The number of hydrogen-bond donors (Lipinski definition) is 1. The third-order valence-electron chi connectivity index (χ3n) is 3.53. The van der Waals surface area contributed by atoms with Crippen LogP contribution in [0.15, 0.2) is 30.5 Å². The van der Waals surface area contributed by atoms with E-state index < -0.39 is 12.0 Å². The van der Waals surface area contributed by atoms with Crippen molar-refractivity contribution in [2.75, 3.05) is 14.1 Å². The molecule has 0 amide bonds. The lowest BCUT2D eigenvalue weighted by Gasteiger charge is -2.19. The largest absolute Gasteiger partial charge is 0.480 e. The number of carboxylic acids is 1. The first kappa shape index (κ1) is 13.6. The molecule has 1 unspecified atom stereocenters. The Morgan fingerprint density at radius 1 is 1.37 bits per heavy atom. The predicted molar refractivity (Wildman–Crippen MR) is 76.4 cm³/mol. The molecule has 0 saturated carbocycles. The van der Waals surface area contributed by atoms with Gasteiger partial charge in [0.05, 0.1) is 0 Å². The third-order valence-corrected chi connectivity index (χ3v) is 3.53. The van der Waals surface area contributed by atoms with Gasteiger partial charge in [-0.1, -0.05) is 18.2 Å². The van der Waals surface area contributed by atoms with Crippen LogP contribution in [-0.2, 0) is 17.8 Å². The number of para-hydroxylation sites is 1. The minimum atomic E-state index is -0.779. The molecule has 102 valence electrons. The van der Waals surface area contributed by atoms with Crippen molar-refractivity contribution in [3.05, 3.63) is 36.0 Å². The topological polar surface area (TPSA) is 45.5 Å². The van der Waals surface area contributed by atoms with Gasteiger partial charge in [0.1, 0.15) is 6.04 Å². The smallest absolute Gasteiger partial charge is 0.321 e. The number of aryl methyl sites for hydroxylation is 1. The fourth-order valence-corrected chi connectivity index (χ4v) is 2.45. The number of nitrogens with zero attached hydrogens (tertiary/aromatic N) is 2. The summed E-state index contributed by atoms with van der Waals surface area (Å²) in [6.07, 6.45) is 2.60. The molecule has 1 aromatic carbocycles. The van der Waals surface area contributed by atoms with E-state index in [-0.39, 0.29) is 0 Å². The maximum atomic E-state index is 11.3. The second-order valence-corrected chi connectivity index (χ2v) is 4.98. The summed E-state index contributed by atoms with van der Waals surface area (Å²) >= 11 is 0. The number of aromatic nitrogens is 1. The summed E-state index contributed by atoms with van der Waals surface area (Å²) in [5, 5.41) is 10.4. The zero-order valence-electron chi connectivity index (χ0n) is 11.6. The Bertz CT molecular complexity index is 587. The van der Waals surface area contributed by atoms with Crippen molar-refractivity contribution in [2.45, 2.75) is 25.9 Å². The number of hydrogen-bond acceptors (Lipinski definition) is 2. The van der Waals surface area contributed by atoms with Crippen molar-refractivity contribution in [3.63, 3.8) is 0 Å². The van der Waals surface area contributed by atoms with Crippen LogP contribution in [-0.4, -0.2) is 40.7 Å². The highest BCUT2D eigenvalue weighted by Gasteiger charge is 2.22. The molecule has 4 heteroatoms. The molecule has 2 aromatic rings. The molecule has 0 aliphatic heterocycles. The standard InChI is InChI=1S/C15H20N2O2/c1-4-17-10-11(9-14(15(18)19)16(2)3)12-7-5-6-8-13(12)17/h5-8,10,14H,4,9H2,1-3H3,(H,18,19). The highest BCUT2D eigenvalue weighted by molar-refractivity contribution is 5.85. The first-order valence-electron chi connectivity index (χ1n) is 6.50. The molecular formula is C15H20N2O2. The van der Waals surface area contributed by atoms with Gasteiger partial charge in [-0.15, -0.1) is 0 Å². The molecule has 2 rings (SSSR count). The van der Waals surface area contributed by atoms with Gasteiger partial charge in [0.15, 0.2) is 0 Å². The normalized spacial score (nSPS) is 13.1. The average molecular weight is 260 g/mol. The quantitative estimate of drug-likeness (QED) is 0.896. The summed E-state index contributed by atoms with van der Waals surface area (Å²) in [7, 11) is 3.61. The average Bonchev–Trinajstić information content (AvgIpc) is 2.73. The van der Waals surface area contributed by atoms with Crippen LogP contribution in [0.1, 0.15) is 12.5 Å². The minimum absolute atomic E-state index is 0.490. The van der Waals surface area contributed by atoms with E-state index in [0.717, 1.165) is 17.5 Å². The molecule has 1 heterocycles. The minimum Gasteiger partial charge on any atom is -0.480 e. The molecule has 0 radical (unpaired) electrons. The monoisotopic (exact) mass is 260 g/mol. The zero-order chi connectivity index (χ0) is 14.0. The summed E-state index contributed by atoms with van der Waals surface area (Å²) in [6, 6.07) is 7.66. The van der Waals surface area contributed by atoms with E-state index in [0.29, 0.717) is 6.42 Å². The van der Waals surface area contributed by atoms with Crippen molar-refractivity contribution < 1.29 is 9.90 Å². The van der Waals surface area contributed by atoms with Gasteiger partial charge >= 0.3 is 5.97 Å². The molecule has 19 heavy (non-hydrogen) atoms. The maximum Gasteiger partial charge on any atom is 0.321 e. The number of benzene rings is 1. The second-order valence-electron chi connectivity index (χ2n) is 4.98. The van der Waals surface area contributed by atoms with Gasteiger partial charge in [-0.05, 0) is 32.6 Å². The third kappa shape index (κ3) is 2.63. The molecule has 0 aliphatic carbocycles. The number of carboxylic acid groups (broad SMARTS) is 1. The number of fused-ring (bicyclic) bond motifs is 1. The lowest BCUT2D eigenvalue weighted by molar-refractivity contribution is -0.142. The van der Waals surface area contributed by atoms with Crippen LogP contribution >= 0.6 is 0 Å². The summed E-state index contributed by atoms with van der Waals surface area (Å²) in [4.78, 5) is 13.1. The van der Waals surface area contributed by atoms with Crippen LogP contribution in [0.2, 0.25) is 0 Å². The number of carbonyl (C=O) groups is 1. The highest BCUT2D eigenvalue weighted by Crippen LogP contribution is 2.23. The Morgan fingerprint density at radius 3 is 2.63 bits per heavy atom. The van der Waals surface area contributed by atoms with Gasteiger partial charge in [-0.3, -0.25) is 9.69 Å². The molecule has 1 N–H and O–H groups in total. The molecule has 1 atom stereocenters. The fourth-order valence-electron chi connectivity index (χ4n) is 2.45. The van der Waals surface area contributed by atoms with Gasteiger partial charge < -0.3 is 9.67 Å². The highest BCUT2D eigenvalue weighted by atomic mass is 16.4. The van der Waals surface area contributed by atoms with E-state index in [1.807, 2.05) is 12.1 Å². The summed E-state index contributed by atoms with van der Waals surface area (Å²) < 4.78 is 2.17.